The van der Waals surface area contributed by atoms with Crippen LogP contribution in [-0.4, -0.2) is 6.04 Å². The zero-order valence-electron chi connectivity index (χ0n) is 12.3. The number of hydrogen-bond acceptors (Lipinski definition) is 2. The van der Waals surface area contributed by atoms with Crippen LogP contribution in [0.5, 0.6) is 0 Å². The molecule has 0 heterocycles. The lowest BCUT2D eigenvalue weighted by molar-refractivity contribution is 0.162. The molecule has 4 atom stereocenters. The third-order valence-corrected chi connectivity index (χ3v) is 5.78. The molecule has 0 aromatic carbocycles. The van der Waals surface area contributed by atoms with Crippen molar-refractivity contribution in [1.82, 2.24) is 5.43 Å². The summed E-state index contributed by atoms with van der Waals surface area (Å²) in [5, 5.41) is 0. The fourth-order valence-corrected chi connectivity index (χ4v) is 4.12. The Bertz CT molecular complexity index is 235. The Hall–Kier alpha value is -0.0800. The lowest BCUT2D eigenvalue weighted by Gasteiger charge is -2.36. The molecular formula is C16H32N2. The molecule has 0 radical (unpaired) electrons. The van der Waals surface area contributed by atoms with E-state index in [0.29, 0.717) is 6.04 Å². The molecule has 18 heavy (non-hydrogen) atoms. The van der Waals surface area contributed by atoms with Crippen molar-refractivity contribution in [3.63, 3.8) is 0 Å². The summed E-state index contributed by atoms with van der Waals surface area (Å²) in [5.41, 5.74) is 3.13. The quantitative estimate of drug-likeness (QED) is 0.576. The standard InChI is InChI=1S/C16H32N2/c1-12-7-9-15(11-13(12)2)16(18-17)10-8-14-5-3-4-6-14/h12-16,18H,3-11,17H2,1-2H3. The predicted molar refractivity (Wildman–Crippen MR) is 78.0 cm³/mol. The lowest BCUT2D eigenvalue weighted by Crippen LogP contribution is -2.43. The van der Waals surface area contributed by atoms with E-state index in [2.05, 4.69) is 19.3 Å². The van der Waals surface area contributed by atoms with Crippen LogP contribution in [0.15, 0.2) is 0 Å². The van der Waals surface area contributed by atoms with Crippen molar-refractivity contribution < 1.29 is 0 Å². The molecule has 0 saturated heterocycles. The van der Waals surface area contributed by atoms with Gasteiger partial charge in [-0.15, -0.1) is 0 Å². The molecule has 2 rings (SSSR count). The lowest BCUT2D eigenvalue weighted by atomic mass is 9.72. The van der Waals surface area contributed by atoms with Crippen LogP contribution < -0.4 is 11.3 Å². The molecule has 0 amide bonds. The second kappa shape index (κ2) is 6.91. The number of hydrogen-bond donors (Lipinski definition) is 2. The van der Waals surface area contributed by atoms with E-state index in [-0.39, 0.29) is 0 Å². The summed E-state index contributed by atoms with van der Waals surface area (Å²) < 4.78 is 0. The van der Waals surface area contributed by atoms with E-state index >= 15 is 0 Å². The average Bonchev–Trinajstić information content (AvgIpc) is 2.87. The van der Waals surface area contributed by atoms with Crippen molar-refractivity contribution in [3.8, 4) is 0 Å². The third-order valence-electron chi connectivity index (χ3n) is 5.78. The van der Waals surface area contributed by atoms with Crippen LogP contribution in [0.3, 0.4) is 0 Å². The first-order valence-corrected chi connectivity index (χ1v) is 8.16. The maximum absolute atomic E-state index is 5.82. The molecule has 2 saturated carbocycles. The van der Waals surface area contributed by atoms with Gasteiger partial charge in [0.05, 0.1) is 0 Å². The van der Waals surface area contributed by atoms with E-state index in [4.69, 9.17) is 5.84 Å². The van der Waals surface area contributed by atoms with Crippen LogP contribution >= 0.6 is 0 Å². The summed E-state index contributed by atoms with van der Waals surface area (Å²) in [5.74, 6) is 9.43. The zero-order chi connectivity index (χ0) is 13.0. The fourth-order valence-electron chi connectivity index (χ4n) is 4.12. The highest BCUT2D eigenvalue weighted by atomic mass is 15.2. The highest BCUT2D eigenvalue weighted by Gasteiger charge is 2.30. The van der Waals surface area contributed by atoms with Gasteiger partial charge in [0.1, 0.15) is 0 Å². The van der Waals surface area contributed by atoms with E-state index in [1.54, 1.807) is 0 Å². The summed E-state index contributed by atoms with van der Waals surface area (Å²) in [6.07, 6.45) is 12.7. The fraction of sp³-hybridized carbons (Fsp3) is 1.00. The maximum atomic E-state index is 5.82. The monoisotopic (exact) mass is 252 g/mol. The third kappa shape index (κ3) is 3.71. The topological polar surface area (TPSA) is 38.0 Å². The molecule has 0 bridgehead atoms. The van der Waals surface area contributed by atoms with Gasteiger partial charge in [-0.3, -0.25) is 11.3 Å². The van der Waals surface area contributed by atoms with Gasteiger partial charge in [0, 0.05) is 6.04 Å². The van der Waals surface area contributed by atoms with Crippen molar-refractivity contribution >= 4 is 0 Å². The van der Waals surface area contributed by atoms with Gasteiger partial charge in [-0.2, -0.15) is 0 Å². The molecule has 0 aliphatic heterocycles. The average molecular weight is 252 g/mol. The van der Waals surface area contributed by atoms with Gasteiger partial charge in [-0.1, -0.05) is 46.0 Å². The summed E-state index contributed by atoms with van der Waals surface area (Å²) in [6, 6.07) is 0.570. The zero-order valence-corrected chi connectivity index (χ0v) is 12.3. The van der Waals surface area contributed by atoms with Crippen molar-refractivity contribution in [1.29, 1.82) is 0 Å². The Kier molecular flexibility index (Phi) is 5.50. The SMILES string of the molecule is CC1CCC(C(CCC2CCCC2)NN)CC1C. The number of nitrogens with one attached hydrogen (secondary N) is 1. The molecular weight excluding hydrogens is 220 g/mol. The molecule has 0 aromatic rings. The van der Waals surface area contributed by atoms with Crippen molar-refractivity contribution in [3.05, 3.63) is 0 Å². The Morgan fingerprint density at radius 2 is 1.78 bits per heavy atom. The van der Waals surface area contributed by atoms with Gasteiger partial charge in [0.2, 0.25) is 0 Å². The molecule has 106 valence electrons. The summed E-state index contributed by atoms with van der Waals surface area (Å²) in [6.45, 7) is 4.83. The van der Waals surface area contributed by atoms with Gasteiger partial charge in [-0.25, -0.2) is 0 Å². The van der Waals surface area contributed by atoms with Crippen molar-refractivity contribution in [2.24, 2.45) is 29.5 Å². The molecule has 0 spiro atoms. The van der Waals surface area contributed by atoms with E-state index in [9.17, 15) is 0 Å². The summed E-state index contributed by atoms with van der Waals surface area (Å²) in [4.78, 5) is 0. The normalized spacial score (nSPS) is 35.8. The van der Waals surface area contributed by atoms with Crippen molar-refractivity contribution in [2.45, 2.75) is 77.7 Å². The van der Waals surface area contributed by atoms with Crippen molar-refractivity contribution in [2.75, 3.05) is 0 Å². The van der Waals surface area contributed by atoms with Crippen LogP contribution in [0.1, 0.15) is 71.6 Å². The van der Waals surface area contributed by atoms with Crippen LogP contribution in [0.25, 0.3) is 0 Å². The highest BCUT2D eigenvalue weighted by Crippen LogP contribution is 2.37. The molecule has 4 unspecified atom stereocenters. The minimum atomic E-state index is 0.570. The molecule has 2 nitrogen and oxygen atoms in total. The van der Waals surface area contributed by atoms with Gasteiger partial charge < -0.3 is 0 Å². The van der Waals surface area contributed by atoms with Crippen LogP contribution in [-0.2, 0) is 0 Å². The van der Waals surface area contributed by atoms with Gasteiger partial charge in [0.15, 0.2) is 0 Å². The van der Waals surface area contributed by atoms with E-state index in [1.165, 1.54) is 57.8 Å². The van der Waals surface area contributed by atoms with Gasteiger partial charge in [0.25, 0.3) is 0 Å². The molecule has 2 fully saturated rings. The first-order chi connectivity index (χ1) is 8.70. The Balaban J connectivity index is 1.76. The molecule has 2 aliphatic carbocycles. The minimum absolute atomic E-state index is 0.570. The molecule has 2 aliphatic rings. The first-order valence-electron chi connectivity index (χ1n) is 8.16. The minimum Gasteiger partial charge on any atom is -0.271 e. The largest absolute Gasteiger partial charge is 0.271 e. The molecule has 3 N–H and O–H groups in total. The second-order valence-electron chi connectivity index (χ2n) is 7.03. The van der Waals surface area contributed by atoms with E-state index in [1.807, 2.05) is 0 Å². The number of hydrazine groups is 1. The van der Waals surface area contributed by atoms with Gasteiger partial charge in [-0.05, 0) is 49.4 Å². The smallest absolute Gasteiger partial charge is 0.0238 e. The Morgan fingerprint density at radius 1 is 1.06 bits per heavy atom. The Labute approximate surface area is 113 Å². The second-order valence-corrected chi connectivity index (χ2v) is 7.03. The van der Waals surface area contributed by atoms with E-state index < -0.39 is 0 Å². The van der Waals surface area contributed by atoms with Crippen LogP contribution in [0.4, 0.5) is 0 Å². The number of rotatable bonds is 5. The summed E-state index contributed by atoms with van der Waals surface area (Å²) >= 11 is 0. The van der Waals surface area contributed by atoms with Crippen LogP contribution in [0.2, 0.25) is 0 Å². The summed E-state index contributed by atoms with van der Waals surface area (Å²) in [7, 11) is 0. The molecule has 0 aromatic heterocycles. The predicted octanol–water partition coefficient (Wildman–Crippen LogP) is 3.86. The van der Waals surface area contributed by atoms with E-state index in [0.717, 1.165) is 23.7 Å². The number of nitrogens with two attached hydrogens (primary N) is 1. The first kappa shape index (κ1) is 14.3. The van der Waals surface area contributed by atoms with Crippen LogP contribution in [0, 0.1) is 23.7 Å². The Morgan fingerprint density at radius 3 is 2.39 bits per heavy atom. The highest BCUT2D eigenvalue weighted by molar-refractivity contribution is 4.83. The molecule has 2 heteroatoms. The van der Waals surface area contributed by atoms with Gasteiger partial charge >= 0.3 is 0 Å². The maximum Gasteiger partial charge on any atom is 0.0238 e.